The molecule has 116 valence electrons. The van der Waals surface area contributed by atoms with E-state index in [-0.39, 0.29) is 5.69 Å². The number of aromatic nitrogens is 1. The Morgan fingerprint density at radius 1 is 1.13 bits per heavy atom. The van der Waals surface area contributed by atoms with Crippen molar-refractivity contribution in [1.29, 1.82) is 0 Å². The molecule has 3 rings (SSSR count). The number of nitrogens with zero attached hydrogens (tertiary/aromatic N) is 2. The number of hydrogen-bond donors (Lipinski definition) is 1. The van der Waals surface area contributed by atoms with Crippen molar-refractivity contribution in [2.45, 2.75) is 13.3 Å². The van der Waals surface area contributed by atoms with E-state index in [1.165, 1.54) is 29.0 Å². The SMILES string of the molecule is CCc1ccc(-c2csc(Nc3ccc([N+](=O)[O-])cc3)n2)cc1. The lowest BCUT2D eigenvalue weighted by Crippen LogP contribution is -1.91. The molecular formula is C17H15N3O2S. The van der Waals surface area contributed by atoms with Gasteiger partial charge in [0.05, 0.1) is 10.6 Å². The molecule has 0 bridgehead atoms. The molecule has 1 N–H and O–H groups in total. The lowest BCUT2D eigenvalue weighted by Gasteiger charge is -2.02. The highest BCUT2D eigenvalue weighted by Gasteiger charge is 2.07. The zero-order chi connectivity index (χ0) is 16.2. The van der Waals surface area contributed by atoms with E-state index in [1.54, 1.807) is 12.1 Å². The Morgan fingerprint density at radius 3 is 2.43 bits per heavy atom. The van der Waals surface area contributed by atoms with Crippen LogP contribution in [0, 0.1) is 10.1 Å². The fourth-order valence-electron chi connectivity index (χ4n) is 2.16. The van der Waals surface area contributed by atoms with Crippen molar-refractivity contribution in [3.05, 3.63) is 69.6 Å². The molecule has 1 heterocycles. The van der Waals surface area contributed by atoms with E-state index < -0.39 is 4.92 Å². The number of anilines is 2. The summed E-state index contributed by atoms with van der Waals surface area (Å²) >= 11 is 1.50. The standard InChI is InChI=1S/C17H15N3O2S/c1-2-12-3-5-13(6-4-12)16-11-23-17(19-16)18-14-7-9-15(10-8-14)20(21)22/h3-11H,2H2,1H3,(H,18,19). The first-order chi connectivity index (χ1) is 11.2. The normalized spacial score (nSPS) is 10.5. The third-order valence-electron chi connectivity index (χ3n) is 3.49. The maximum Gasteiger partial charge on any atom is 0.269 e. The Balaban J connectivity index is 1.74. The molecule has 1 aromatic heterocycles. The van der Waals surface area contributed by atoms with Crippen molar-refractivity contribution in [1.82, 2.24) is 4.98 Å². The summed E-state index contributed by atoms with van der Waals surface area (Å²) in [4.78, 5) is 14.8. The Labute approximate surface area is 137 Å². The minimum absolute atomic E-state index is 0.0754. The highest BCUT2D eigenvalue weighted by Crippen LogP contribution is 2.28. The molecule has 0 saturated heterocycles. The minimum Gasteiger partial charge on any atom is -0.332 e. The quantitative estimate of drug-likeness (QED) is 0.528. The van der Waals surface area contributed by atoms with Crippen molar-refractivity contribution in [2.24, 2.45) is 0 Å². The fourth-order valence-corrected chi connectivity index (χ4v) is 2.90. The molecule has 0 saturated carbocycles. The van der Waals surface area contributed by atoms with Gasteiger partial charge in [0.2, 0.25) is 0 Å². The zero-order valence-electron chi connectivity index (χ0n) is 12.5. The molecular weight excluding hydrogens is 310 g/mol. The van der Waals surface area contributed by atoms with Crippen LogP contribution in [0.25, 0.3) is 11.3 Å². The number of non-ortho nitro benzene ring substituents is 1. The molecule has 3 aromatic rings. The first-order valence-electron chi connectivity index (χ1n) is 7.22. The number of nitro benzene ring substituents is 1. The van der Waals surface area contributed by atoms with Crippen LogP contribution in [-0.2, 0) is 6.42 Å². The number of nitro groups is 1. The number of hydrogen-bond acceptors (Lipinski definition) is 5. The number of nitrogens with one attached hydrogen (secondary N) is 1. The summed E-state index contributed by atoms with van der Waals surface area (Å²) in [6, 6.07) is 14.7. The van der Waals surface area contributed by atoms with Crippen LogP contribution in [0.2, 0.25) is 0 Å². The van der Waals surface area contributed by atoms with Gasteiger partial charge in [-0.05, 0) is 24.1 Å². The van der Waals surface area contributed by atoms with Crippen molar-refractivity contribution in [3.63, 3.8) is 0 Å². The second-order valence-electron chi connectivity index (χ2n) is 5.02. The first-order valence-corrected chi connectivity index (χ1v) is 8.10. The summed E-state index contributed by atoms with van der Waals surface area (Å²) in [5, 5.41) is 16.6. The molecule has 6 heteroatoms. The molecule has 0 aliphatic carbocycles. The molecule has 5 nitrogen and oxygen atoms in total. The van der Waals surface area contributed by atoms with Crippen LogP contribution < -0.4 is 5.32 Å². The number of thiazole rings is 1. The summed E-state index contributed by atoms with van der Waals surface area (Å²) in [7, 11) is 0. The number of rotatable bonds is 5. The van der Waals surface area contributed by atoms with E-state index in [2.05, 4.69) is 41.5 Å². The second-order valence-corrected chi connectivity index (χ2v) is 5.88. The Morgan fingerprint density at radius 2 is 1.83 bits per heavy atom. The highest BCUT2D eigenvalue weighted by atomic mass is 32.1. The van der Waals surface area contributed by atoms with Gasteiger partial charge in [-0.15, -0.1) is 11.3 Å². The lowest BCUT2D eigenvalue weighted by molar-refractivity contribution is -0.384. The van der Waals surface area contributed by atoms with Crippen molar-refractivity contribution in [3.8, 4) is 11.3 Å². The van der Waals surface area contributed by atoms with Crippen molar-refractivity contribution < 1.29 is 4.92 Å². The van der Waals surface area contributed by atoms with E-state index in [9.17, 15) is 10.1 Å². The first kappa shape index (κ1) is 15.2. The van der Waals surface area contributed by atoms with Crippen molar-refractivity contribution >= 4 is 27.8 Å². The van der Waals surface area contributed by atoms with E-state index in [0.29, 0.717) is 0 Å². The Kier molecular flexibility index (Phi) is 4.34. The predicted octanol–water partition coefficient (Wildman–Crippen LogP) is 5.02. The predicted molar refractivity (Wildman–Crippen MR) is 93.3 cm³/mol. The van der Waals surface area contributed by atoms with E-state index in [1.807, 2.05) is 5.38 Å². The maximum absolute atomic E-state index is 10.7. The molecule has 0 amide bonds. The molecule has 0 aliphatic heterocycles. The van der Waals surface area contributed by atoms with Gasteiger partial charge in [-0.25, -0.2) is 4.98 Å². The van der Waals surface area contributed by atoms with Crippen LogP contribution in [0.15, 0.2) is 53.9 Å². The van der Waals surface area contributed by atoms with Crippen LogP contribution in [0.4, 0.5) is 16.5 Å². The second kappa shape index (κ2) is 6.58. The van der Waals surface area contributed by atoms with Crippen LogP contribution in [0.1, 0.15) is 12.5 Å². The summed E-state index contributed by atoms with van der Waals surface area (Å²) < 4.78 is 0. The lowest BCUT2D eigenvalue weighted by atomic mass is 10.1. The zero-order valence-corrected chi connectivity index (χ0v) is 13.3. The van der Waals surface area contributed by atoms with E-state index in [4.69, 9.17) is 0 Å². The van der Waals surface area contributed by atoms with Gasteiger partial charge in [-0.1, -0.05) is 31.2 Å². The summed E-state index contributed by atoms with van der Waals surface area (Å²) in [5.41, 5.74) is 4.15. The maximum atomic E-state index is 10.7. The smallest absolute Gasteiger partial charge is 0.269 e. The highest BCUT2D eigenvalue weighted by molar-refractivity contribution is 7.14. The van der Waals surface area contributed by atoms with Gasteiger partial charge in [0.25, 0.3) is 5.69 Å². The monoisotopic (exact) mass is 325 g/mol. The molecule has 0 atom stereocenters. The summed E-state index contributed by atoms with van der Waals surface area (Å²) in [6.07, 6.45) is 1.02. The Hall–Kier alpha value is -2.73. The molecule has 0 unspecified atom stereocenters. The topological polar surface area (TPSA) is 68.1 Å². The molecule has 2 aromatic carbocycles. The average Bonchev–Trinajstić information content (AvgIpc) is 3.04. The molecule has 23 heavy (non-hydrogen) atoms. The Bertz CT molecular complexity index is 811. The summed E-state index contributed by atoms with van der Waals surface area (Å²) in [6.45, 7) is 2.13. The van der Waals surface area contributed by atoms with Crippen LogP contribution in [0.3, 0.4) is 0 Å². The molecule has 0 aliphatic rings. The van der Waals surface area contributed by atoms with Gasteiger partial charge in [-0.2, -0.15) is 0 Å². The van der Waals surface area contributed by atoms with E-state index in [0.717, 1.165) is 28.5 Å². The summed E-state index contributed by atoms with van der Waals surface area (Å²) in [5.74, 6) is 0. The fraction of sp³-hybridized carbons (Fsp3) is 0.118. The van der Waals surface area contributed by atoms with Gasteiger partial charge in [-0.3, -0.25) is 10.1 Å². The number of benzene rings is 2. The van der Waals surface area contributed by atoms with Gasteiger partial charge in [0, 0.05) is 28.8 Å². The van der Waals surface area contributed by atoms with Gasteiger partial charge >= 0.3 is 0 Å². The van der Waals surface area contributed by atoms with Crippen LogP contribution in [0.5, 0.6) is 0 Å². The van der Waals surface area contributed by atoms with Crippen LogP contribution in [-0.4, -0.2) is 9.91 Å². The third kappa shape index (κ3) is 3.54. The van der Waals surface area contributed by atoms with Crippen LogP contribution >= 0.6 is 11.3 Å². The number of aryl methyl sites for hydroxylation is 1. The van der Waals surface area contributed by atoms with Gasteiger partial charge in [0.15, 0.2) is 5.13 Å². The largest absolute Gasteiger partial charge is 0.332 e. The molecule has 0 spiro atoms. The average molecular weight is 325 g/mol. The third-order valence-corrected chi connectivity index (χ3v) is 4.25. The van der Waals surface area contributed by atoms with Crippen molar-refractivity contribution in [2.75, 3.05) is 5.32 Å². The van der Waals surface area contributed by atoms with Gasteiger partial charge < -0.3 is 5.32 Å². The molecule has 0 fully saturated rings. The minimum atomic E-state index is -0.411. The molecule has 0 radical (unpaired) electrons. The van der Waals surface area contributed by atoms with Gasteiger partial charge in [0.1, 0.15) is 0 Å². The van der Waals surface area contributed by atoms with E-state index >= 15 is 0 Å².